The summed E-state index contributed by atoms with van der Waals surface area (Å²) < 4.78 is 39.7. The first-order chi connectivity index (χ1) is 8.81. The summed E-state index contributed by atoms with van der Waals surface area (Å²) in [4.78, 5) is 10.1. The molecule has 0 radical (unpaired) electrons. The van der Waals surface area contributed by atoms with E-state index >= 15 is 0 Å². The first-order valence-electron chi connectivity index (χ1n) is 5.12. The van der Waals surface area contributed by atoms with Gasteiger partial charge in [-0.3, -0.25) is 10.1 Å². The van der Waals surface area contributed by atoms with Crippen molar-refractivity contribution in [2.45, 2.75) is 6.18 Å². The number of nitrogens with zero attached hydrogens (tertiary/aromatic N) is 1. The second-order valence-corrected chi connectivity index (χ2v) is 3.89. The summed E-state index contributed by atoms with van der Waals surface area (Å²) >= 11 is 5.66. The highest BCUT2D eigenvalue weighted by Crippen LogP contribution is 2.31. The van der Waals surface area contributed by atoms with Gasteiger partial charge in [-0.05, 0) is 12.1 Å². The Hall–Kier alpha value is -1.54. The molecule has 0 aromatic heterocycles. The number of halogens is 4. The van der Waals surface area contributed by atoms with E-state index in [1.54, 1.807) is 0 Å². The van der Waals surface area contributed by atoms with Crippen molar-refractivity contribution in [2.75, 3.05) is 25.1 Å². The number of anilines is 1. The average Bonchev–Trinajstić information content (AvgIpc) is 2.26. The molecule has 1 N–H and O–H groups in total. The van der Waals surface area contributed by atoms with Crippen LogP contribution in [0, 0.1) is 10.1 Å². The molecule has 0 saturated heterocycles. The van der Waals surface area contributed by atoms with Crippen LogP contribution in [-0.2, 0) is 4.74 Å². The van der Waals surface area contributed by atoms with E-state index < -0.39 is 17.7 Å². The van der Waals surface area contributed by atoms with Crippen LogP contribution in [0.15, 0.2) is 18.2 Å². The molecule has 19 heavy (non-hydrogen) atoms. The molecule has 1 aromatic rings. The quantitative estimate of drug-likeness (QED) is 0.497. The number of ether oxygens (including phenoxy) is 1. The van der Waals surface area contributed by atoms with E-state index in [4.69, 9.17) is 11.6 Å². The summed E-state index contributed by atoms with van der Waals surface area (Å²) in [5.41, 5.74) is -0.187. The molecule has 0 bridgehead atoms. The molecule has 0 fully saturated rings. The standard InChI is InChI=1S/C10H10ClF3N2O3/c11-7-2-1-3-8(9(7)16(17)18)15-4-5-19-6-10(12,13)14/h1-3,15H,4-6H2. The number of rotatable bonds is 6. The summed E-state index contributed by atoms with van der Waals surface area (Å²) in [7, 11) is 0. The highest BCUT2D eigenvalue weighted by atomic mass is 35.5. The second kappa shape index (κ2) is 6.58. The topological polar surface area (TPSA) is 64.4 Å². The Morgan fingerprint density at radius 2 is 2.11 bits per heavy atom. The van der Waals surface area contributed by atoms with Crippen molar-refractivity contribution in [1.82, 2.24) is 0 Å². The van der Waals surface area contributed by atoms with Crippen molar-refractivity contribution >= 4 is 23.0 Å². The fourth-order valence-corrected chi connectivity index (χ4v) is 1.53. The molecule has 0 unspecified atom stereocenters. The Kier molecular flexibility index (Phi) is 5.37. The van der Waals surface area contributed by atoms with E-state index in [-0.39, 0.29) is 29.5 Å². The largest absolute Gasteiger partial charge is 0.411 e. The summed E-state index contributed by atoms with van der Waals surface area (Å²) in [6.45, 7) is -1.59. The normalized spacial score (nSPS) is 11.4. The van der Waals surface area contributed by atoms with Crippen LogP contribution in [0.25, 0.3) is 0 Å². The van der Waals surface area contributed by atoms with Crippen LogP contribution in [0.1, 0.15) is 0 Å². The predicted octanol–water partition coefficient (Wildman–Crippen LogP) is 3.24. The summed E-state index contributed by atoms with van der Waals surface area (Å²) in [5.74, 6) is 0. The minimum atomic E-state index is -4.39. The number of nitro groups is 1. The van der Waals surface area contributed by atoms with Crippen molar-refractivity contribution in [2.24, 2.45) is 0 Å². The Labute approximate surface area is 111 Å². The van der Waals surface area contributed by atoms with Gasteiger partial charge < -0.3 is 10.1 Å². The minimum absolute atomic E-state index is 0.00272. The van der Waals surface area contributed by atoms with Crippen LogP contribution in [-0.4, -0.2) is 30.9 Å². The third-order valence-corrected chi connectivity index (χ3v) is 2.30. The average molecular weight is 299 g/mol. The van der Waals surface area contributed by atoms with Crippen molar-refractivity contribution in [1.29, 1.82) is 0 Å². The van der Waals surface area contributed by atoms with E-state index in [0.29, 0.717) is 0 Å². The smallest absolute Gasteiger partial charge is 0.377 e. The molecule has 106 valence electrons. The van der Waals surface area contributed by atoms with E-state index in [0.717, 1.165) is 0 Å². The maximum absolute atomic E-state index is 11.8. The van der Waals surface area contributed by atoms with Crippen molar-refractivity contribution in [3.63, 3.8) is 0 Å². The van der Waals surface area contributed by atoms with Gasteiger partial charge in [-0.25, -0.2) is 0 Å². The summed E-state index contributed by atoms with van der Waals surface area (Å²) in [6.07, 6.45) is -4.39. The zero-order chi connectivity index (χ0) is 14.5. The molecule has 0 aliphatic carbocycles. The van der Waals surface area contributed by atoms with Crippen molar-refractivity contribution in [3.05, 3.63) is 33.3 Å². The van der Waals surface area contributed by atoms with Gasteiger partial charge in [-0.2, -0.15) is 13.2 Å². The number of nitro benzene ring substituents is 1. The molecule has 1 aromatic carbocycles. The maximum atomic E-state index is 11.8. The fraction of sp³-hybridized carbons (Fsp3) is 0.400. The van der Waals surface area contributed by atoms with Gasteiger partial charge in [0.2, 0.25) is 0 Å². The van der Waals surface area contributed by atoms with Crippen LogP contribution in [0.2, 0.25) is 5.02 Å². The number of hydrogen-bond acceptors (Lipinski definition) is 4. The third kappa shape index (κ3) is 5.31. The van der Waals surface area contributed by atoms with Gasteiger partial charge in [-0.15, -0.1) is 0 Å². The van der Waals surface area contributed by atoms with Gasteiger partial charge in [0.15, 0.2) is 0 Å². The highest BCUT2D eigenvalue weighted by molar-refractivity contribution is 6.33. The summed E-state index contributed by atoms with van der Waals surface area (Å²) in [6, 6.07) is 4.26. The fourth-order valence-electron chi connectivity index (χ4n) is 1.29. The Morgan fingerprint density at radius 3 is 2.68 bits per heavy atom. The predicted molar refractivity (Wildman–Crippen MR) is 63.5 cm³/mol. The Morgan fingerprint density at radius 1 is 1.42 bits per heavy atom. The number of hydrogen-bond donors (Lipinski definition) is 1. The van der Waals surface area contributed by atoms with Crippen LogP contribution in [0.5, 0.6) is 0 Å². The molecule has 0 aliphatic heterocycles. The molecule has 0 atom stereocenters. The van der Waals surface area contributed by atoms with Crippen LogP contribution in [0.3, 0.4) is 0 Å². The maximum Gasteiger partial charge on any atom is 0.411 e. The molecule has 0 amide bonds. The lowest BCUT2D eigenvalue weighted by Crippen LogP contribution is -2.20. The molecule has 0 saturated carbocycles. The first-order valence-corrected chi connectivity index (χ1v) is 5.50. The zero-order valence-corrected chi connectivity index (χ0v) is 10.3. The van der Waals surface area contributed by atoms with Crippen LogP contribution >= 0.6 is 11.6 Å². The molecule has 9 heteroatoms. The van der Waals surface area contributed by atoms with E-state index in [1.165, 1.54) is 18.2 Å². The van der Waals surface area contributed by atoms with Gasteiger partial charge in [0.25, 0.3) is 0 Å². The lowest BCUT2D eigenvalue weighted by atomic mass is 10.2. The Bertz CT molecular complexity index is 454. The van der Waals surface area contributed by atoms with Gasteiger partial charge >= 0.3 is 11.9 Å². The van der Waals surface area contributed by atoms with E-state index in [1.807, 2.05) is 0 Å². The second-order valence-electron chi connectivity index (χ2n) is 3.49. The highest BCUT2D eigenvalue weighted by Gasteiger charge is 2.27. The summed E-state index contributed by atoms with van der Waals surface area (Å²) in [5, 5.41) is 13.3. The van der Waals surface area contributed by atoms with Crippen molar-refractivity contribution < 1.29 is 22.8 Å². The molecular weight excluding hydrogens is 289 g/mol. The van der Waals surface area contributed by atoms with Crippen LogP contribution < -0.4 is 5.32 Å². The van der Waals surface area contributed by atoms with Gasteiger partial charge in [0.1, 0.15) is 17.3 Å². The van der Waals surface area contributed by atoms with Gasteiger partial charge in [0.05, 0.1) is 11.5 Å². The Balaban J connectivity index is 2.50. The molecular formula is C10H10ClF3N2O3. The molecule has 0 spiro atoms. The minimum Gasteiger partial charge on any atom is -0.377 e. The van der Waals surface area contributed by atoms with Gasteiger partial charge in [-0.1, -0.05) is 17.7 Å². The van der Waals surface area contributed by atoms with Crippen molar-refractivity contribution in [3.8, 4) is 0 Å². The SMILES string of the molecule is O=[N+]([O-])c1c(Cl)cccc1NCCOCC(F)(F)F. The number of benzene rings is 1. The molecule has 0 aliphatic rings. The first kappa shape index (κ1) is 15.5. The van der Waals surface area contributed by atoms with E-state index in [2.05, 4.69) is 10.1 Å². The molecule has 1 rings (SSSR count). The lowest BCUT2D eigenvalue weighted by molar-refractivity contribution is -0.383. The zero-order valence-electron chi connectivity index (χ0n) is 9.54. The van der Waals surface area contributed by atoms with Crippen LogP contribution in [0.4, 0.5) is 24.5 Å². The molecule has 5 nitrogen and oxygen atoms in total. The number of para-hydroxylation sites is 1. The monoisotopic (exact) mass is 298 g/mol. The van der Waals surface area contributed by atoms with Gasteiger partial charge in [0, 0.05) is 6.54 Å². The number of alkyl halides is 3. The number of nitrogens with one attached hydrogen (secondary N) is 1. The van der Waals surface area contributed by atoms with E-state index in [9.17, 15) is 23.3 Å². The third-order valence-electron chi connectivity index (χ3n) is 2.00. The lowest BCUT2D eigenvalue weighted by Gasteiger charge is -2.09. The molecule has 0 heterocycles.